The summed E-state index contributed by atoms with van der Waals surface area (Å²) in [5.41, 5.74) is 0. The van der Waals surface area contributed by atoms with Gasteiger partial charge in [-0.2, -0.15) is 4.72 Å². The lowest BCUT2D eigenvalue weighted by molar-refractivity contribution is 0.0602. The quantitative estimate of drug-likeness (QED) is 0.572. The molecule has 1 aromatic heterocycles. The van der Waals surface area contributed by atoms with Gasteiger partial charge in [-0.3, -0.25) is 0 Å². The monoisotopic (exact) mass is 409 g/mol. The molecule has 0 bridgehead atoms. The van der Waals surface area contributed by atoms with Gasteiger partial charge < -0.3 is 18.9 Å². The summed E-state index contributed by atoms with van der Waals surface area (Å²) in [6, 6.07) is 6.49. The summed E-state index contributed by atoms with van der Waals surface area (Å²) in [5, 5.41) is 1.51. The molecule has 0 spiro atoms. The molecule has 0 atom stereocenters. The van der Waals surface area contributed by atoms with Gasteiger partial charge in [0, 0.05) is 6.07 Å². The predicted molar refractivity (Wildman–Crippen MR) is 96.7 cm³/mol. The topological polar surface area (TPSA) is 100 Å². The lowest BCUT2D eigenvalue weighted by atomic mass is 10.3. The highest BCUT2D eigenvalue weighted by Gasteiger charge is 2.23. The number of benzene rings is 1. The molecule has 0 aliphatic carbocycles. The minimum atomic E-state index is -3.86. The van der Waals surface area contributed by atoms with E-state index in [4.69, 9.17) is 14.2 Å². The van der Waals surface area contributed by atoms with E-state index in [2.05, 4.69) is 21.3 Å². The van der Waals surface area contributed by atoms with Crippen molar-refractivity contribution in [2.24, 2.45) is 0 Å². The first-order valence-corrected chi connectivity index (χ1v) is 10.0. The number of carbonyl (C=O) groups excluding carboxylic acids is 1. The molecule has 3 rings (SSSR count). The van der Waals surface area contributed by atoms with Gasteiger partial charge in [-0.15, -0.1) is 11.3 Å². The van der Waals surface area contributed by atoms with Crippen LogP contribution in [0.3, 0.4) is 0 Å². The number of thiophene rings is 1. The number of rotatable bonds is 6. The van der Waals surface area contributed by atoms with Crippen LogP contribution >= 0.6 is 11.3 Å². The lowest BCUT2D eigenvalue weighted by Gasteiger charge is -2.04. The van der Waals surface area contributed by atoms with E-state index < -0.39 is 16.0 Å². The first-order valence-electron chi connectivity index (χ1n) is 7.65. The fourth-order valence-corrected chi connectivity index (χ4v) is 4.41. The maximum Gasteiger partial charge on any atom is 0.349 e. The molecule has 1 aliphatic heterocycles. The zero-order valence-corrected chi connectivity index (χ0v) is 15.8. The van der Waals surface area contributed by atoms with E-state index in [0.29, 0.717) is 17.2 Å². The lowest BCUT2D eigenvalue weighted by Crippen LogP contribution is -2.25. The fourth-order valence-electron chi connectivity index (χ4n) is 2.16. The number of hydrogen-bond donors (Lipinski definition) is 1. The molecule has 0 radical (unpaired) electrons. The Hall–Kier alpha value is -2.74. The van der Waals surface area contributed by atoms with Crippen LogP contribution in [-0.2, 0) is 14.8 Å². The molecule has 0 fully saturated rings. The van der Waals surface area contributed by atoms with E-state index in [0.717, 1.165) is 11.3 Å². The number of carbonyl (C=O) groups is 1. The fraction of sp³-hybridized carbons (Fsp3) is 0.235. The average molecular weight is 409 g/mol. The largest absolute Gasteiger partial charge is 0.481 e. The molecule has 0 saturated heterocycles. The van der Waals surface area contributed by atoms with Crippen LogP contribution in [-0.4, -0.2) is 41.4 Å². The average Bonchev–Trinajstić information content (AvgIpc) is 3.32. The Kier molecular flexibility index (Phi) is 5.85. The molecule has 8 nitrogen and oxygen atoms in total. The van der Waals surface area contributed by atoms with Gasteiger partial charge in [-0.25, -0.2) is 13.2 Å². The maximum atomic E-state index is 12.3. The molecule has 1 aliphatic rings. The number of esters is 1. The minimum Gasteiger partial charge on any atom is -0.481 e. The van der Waals surface area contributed by atoms with Crippen molar-refractivity contribution in [3.63, 3.8) is 0 Å². The highest BCUT2D eigenvalue weighted by molar-refractivity contribution is 7.89. The van der Waals surface area contributed by atoms with Gasteiger partial charge in [-0.05, 0) is 23.6 Å². The Morgan fingerprint density at radius 1 is 1.26 bits per heavy atom. The second kappa shape index (κ2) is 8.30. The van der Waals surface area contributed by atoms with Gasteiger partial charge in [0.15, 0.2) is 11.5 Å². The van der Waals surface area contributed by atoms with Crippen LogP contribution in [0.4, 0.5) is 0 Å². The minimum absolute atomic E-state index is 0.0177. The van der Waals surface area contributed by atoms with Crippen molar-refractivity contribution in [1.82, 2.24) is 4.72 Å². The van der Waals surface area contributed by atoms with Crippen LogP contribution in [0, 0.1) is 11.8 Å². The van der Waals surface area contributed by atoms with Crippen LogP contribution in [0.5, 0.6) is 17.2 Å². The zero-order chi connectivity index (χ0) is 19.3. The Labute approximate surface area is 160 Å². The first-order chi connectivity index (χ1) is 13.0. The van der Waals surface area contributed by atoms with Crippen LogP contribution in [0.2, 0.25) is 0 Å². The van der Waals surface area contributed by atoms with E-state index in [1.165, 1.54) is 18.6 Å². The summed E-state index contributed by atoms with van der Waals surface area (Å²) in [4.78, 5) is 11.5. The summed E-state index contributed by atoms with van der Waals surface area (Å²) >= 11 is 0.994. The third-order valence-corrected chi connectivity index (χ3v) is 5.89. The molecular formula is C17H15NO7S2. The van der Waals surface area contributed by atoms with Gasteiger partial charge >= 0.3 is 5.97 Å². The van der Waals surface area contributed by atoms with Crippen molar-refractivity contribution >= 4 is 27.3 Å². The smallest absolute Gasteiger partial charge is 0.349 e. The van der Waals surface area contributed by atoms with Gasteiger partial charge in [0.05, 0.1) is 13.7 Å². The van der Waals surface area contributed by atoms with Crippen molar-refractivity contribution in [3.8, 4) is 29.1 Å². The molecule has 1 N–H and O–H groups in total. The highest BCUT2D eigenvalue weighted by atomic mass is 32.2. The zero-order valence-electron chi connectivity index (χ0n) is 14.2. The molecule has 27 heavy (non-hydrogen) atoms. The molecule has 2 aromatic rings. The summed E-state index contributed by atoms with van der Waals surface area (Å²) in [6.45, 7) is 0.136. The van der Waals surface area contributed by atoms with E-state index in [9.17, 15) is 13.2 Å². The molecule has 2 heterocycles. The van der Waals surface area contributed by atoms with Crippen molar-refractivity contribution in [2.75, 3.05) is 27.1 Å². The second-order valence-corrected chi connectivity index (χ2v) is 7.74. The SMILES string of the molecule is COC(=O)c1sccc1S(=O)(=O)NCC#CCOc1ccc2c(c1)OCO2. The van der Waals surface area contributed by atoms with Gasteiger partial charge in [0.2, 0.25) is 16.8 Å². The highest BCUT2D eigenvalue weighted by Crippen LogP contribution is 2.34. The molecule has 142 valence electrons. The molecular weight excluding hydrogens is 394 g/mol. The Balaban J connectivity index is 1.51. The van der Waals surface area contributed by atoms with Gasteiger partial charge in [-0.1, -0.05) is 11.8 Å². The predicted octanol–water partition coefficient (Wildman–Crippen LogP) is 1.62. The summed E-state index contributed by atoms with van der Waals surface area (Å²) in [7, 11) is -2.67. The molecule has 0 saturated carbocycles. The number of nitrogens with one attached hydrogen (secondary N) is 1. The Morgan fingerprint density at radius 3 is 2.89 bits per heavy atom. The Bertz CT molecular complexity index is 1000. The number of ether oxygens (including phenoxy) is 4. The number of fused-ring (bicyclic) bond motifs is 1. The number of methoxy groups -OCH3 is 1. The third kappa shape index (κ3) is 4.51. The number of sulfonamides is 1. The standard InChI is InChI=1S/C17H15NO7S2/c1-22-17(19)16-15(6-9-26-16)27(20,21)18-7-2-3-8-23-12-4-5-13-14(10-12)25-11-24-13/h4-6,9-10,18H,7-8,11H2,1H3. The first kappa shape index (κ1) is 19.0. The van der Waals surface area contributed by atoms with Gasteiger partial charge in [0.1, 0.15) is 22.1 Å². The summed E-state index contributed by atoms with van der Waals surface area (Å²) in [6.07, 6.45) is 0. The second-order valence-electron chi connectivity index (χ2n) is 5.09. The van der Waals surface area contributed by atoms with E-state index in [1.54, 1.807) is 18.2 Å². The molecule has 0 unspecified atom stereocenters. The van der Waals surface area contributed by atoms with E-state index in [1.807, 2.05) is 0 Å². The van der Waals surface area contributed by atoms with E-state index >= 15 is 0 Å². The summed E-state index contributed by atoms with van der Waals surface area (Å²) < 4.78 is 47.3. The van der Waals surface area contributed by atoms with Crippen LogP contribution in [0.25, 0.3) is 0 Å². The molecule has 10 heteroatoms. The maximum absolute atomic E-state index is 12.3. The molecule has 0 amide bonds. The van der Waals surface area contributed by atoms with Gasteiger partial charge in [0.25, 0.3) is 0 Å². The van der Waals surface area contributed by atoms with Crippen molar-refractivity contribution in [3.05, 3.63) is 34.5 Å². The van der Waals surface area contributed by atoms with Crippen LogP contribution in [0.15, 0.2) is 34.5 Å². The molecule has 1 aromatic carbocycles. The van der Waals surface area contributed by atoms with Crippen molar-refractivity contribution in [1.29, 1.82) is 0 Å². The summed E-state index contributed by atoms with van der Waals surface area (Å²) in [5.74, 6) is 6.48. The normalized spacial score (nSPS) is 12.2. The number of hydrogen-bond acceptors (Lipinski definition) is 8. The van der Waals surface area contributed by atoms with E-state index in [-0.39, 0.29) is 29.7 Å². The van der Waals surface area contributed by atoms with Crippen LogP contribution in [0.1, 0.15) is 9.67 Å². The third-order valence-electron chi connectivity index (χ3n) is 3.42. The van der Waals surface area contributed by atoms with Crippen LogP contribution < -0.4 is 18.9 Å². The Morgan fingerprint density at radius 2 is 2.07 bits per heavy atom. The van der Waals surface area contributed by atoms with Crippen molar-refractivity contribution < 1.29 is 32.2 Å². The van der Waals surface area contributed by atoms with Crippen molar-refractivity contribution in [2.45, 2.75) is 4.90 Å².